The smallest absolute Gasteiger partial charge is 0.137 e. The highest BCUT2D eigenvalue weighted by Crippen LogP contribution is 2.51. The van der Waals surface area contributed by atoms with Crippen LogP contribution in [0.4, 0.5) is 17.1 Å². The van der Waals surface area contributed by atoms with Crippen LogP contribution in [0.2, 0.25) is 0 Å². The fourth-order valence-electron chi connectivity index (χ4n) is 8.33. The molecule has 1 aromatic heterocycles. The van der Waals surface area contributed by atoms with Gasteiger partial charge in [-0.05, 0) is 92.4 Å². The number of nitrogens with zero attached hydrogens (tertiary/aromatic N) is 1. The highest BCUT2D eigenvalue weighted by Gasteiger charge is 2.35. The summed E-state index contributed by atoms with van der Waals surface area (Å²) in [6, 6.07) is 63.7. The van der Waals surface area contributed by atoms with Gasteiger partial charge in [-0.15, -0.1) is 0 Å². The van der Waals surface area contributed by atoms with Crippen LogP contribution in [0.25, 0.3) is 66.1 Å². The second-order valence-electron chi connectivity index (χ2n) is 14.1. The molecule has 2 heteroatoms. The summed E-state index contributed by atoms with van der Waals surface area (Å²) in [5, 5.41) is 4.66. The van der Waals surface area contributed by atoms with Crippen LogP contribution in [0.5, 0.6) is 0 Å². The normalized spacial score (nSPS) is 13.1. The fraction of sp³-hybridized carbons (Fsp3) is 0.0612. The minimum Gasteiger partial charge on any atom is -0.456 e. The summed E-state index contributed by atoms with van der Waals surface area (Å²) < 4.78 is 6.43. The van der Waals surface area contributed by atoms with Gasteiger partial charge in [-0.25, -0.2) is 0 Å². The third kappa shape index (κ3) is 4.64. The lowest BCUT2D eigenvalue weighted by Gasteiger charge is -2.28. The topological polar surface area (TPSA) is 16.4 Å². The quantitative estimate of drug-likeness (QED) is 0.184. The third-order valence-electron chi connectivity index (χ3n) is 10.9. The second-order valence-corrected chi connectivity index (χ2v) is 14.1. The summed E-state index contributed by atoms with van der Waals surface area (Å²) in [7, 11) is 0. The maximum absolute atomic E-state index is 6.43. The summed E-state index contributed by atoms with van der Waals surface area (Å²) >= 11 is 0. The van der Waals surface area contributed by atoms with Gasteiger partial charge < -0.3 is 9.32 Å². The number of anilines is 3. The fourth-order valence-corrected chi connectivity index (χ4v) is 8.33. The van der Waals surface area contributed by atoms with Crippen LogP contribution in [-0.2, 0) is 5.41 Å². The largest absolute Gasteiger partial charge is 0.456 e. The number of rotatable bonds is 5. The molecule has 0 N–H and O–H groups in total. The molecule has 0 aliphatic heterocycles. The van der Waals surface area contributed by atoms with Gasteiger partial charge in [0.1, 0.15) is 11.2 Å². The Balaban J connectivity index is 1.19. The van der Waals surface area contributed by atoms with Gasteiger partial charge in [-0.2, -0.15) is 0 Å². The van der Waals surface area contributed by atoms with Crippen LogP contribution in [-0.4, -0.2) is 0 Å². The predicted molar refractivity (Wildman–Crippen MR) is 214 cm³/mol. The van der Waals surface area contributed by atoms with Gasteiger partial charge in [0.15, 0.2) is 0 Å². The summed E-state index contributed by atoms with van der Waals surface area (Å²) in [4.78, 5) is 2.39. The summed E-state index contributed by atoms with van der Waals surface area (Å²) in [6.07, 6.45) is 0. The molecule has 1 aliphatic carbocycles. The molecule has 9 aromatic rings. The molecular weight excluding hydrogens is 619 g/mol. The Morgan fingerprint density at radius 1 is 0.431 bits per heavy atom. The van der Waals surface area contributed by atoms with Crippen LogP contribution in [0, 0.1) is 0 Å². The SMILES string of the molecule is CC1(C)c2ccccc2-c2ccc(-c3cccc4cccc(N(c5ccc(-c6ccccc6)cc5)c5ccc6c(c5)oc5ccccc56)c34)cc21. The van der Waals surface area contributed by atoms with E-state index in [0.29, 0.717) is 0 Å². The molecule has 0 radical (unpaired) electrons. The zero-order valence-corrected chi connectivity index (χ0v) is 28.6. The molecule has 0 bridgehead atoms. The zero-order chi connectivity index (χ0) is 34.1. The Morgan fingerprint density at radius 2 is 1.08 bits per heavy atom. The van der Waals surface area contributed by atoms with Crippen molar-refractivity contribution in [3.05, 3.63) is 187 Å². The van der Waals surface area contributed by atoms with E-state index in [4.69, 9.17) is 4.42 Å². The first-order chi connectivity index (χ1) is 25.0. The van der Waals surface area contributed by atoms with Gasteiger partial charge in [0.2, 0.25) is 0 Å². The Labute approximate surface area is 297 Å². The number of benzene rings is 8. The molecule has 2 nitrogen and oxygen atoms in total. The number of hydrogen-bond acceptors (Lipinski definition) is 2. The van der Waals surface area contributed by atoms with Crippen molar-refractivity contribution in [2.45, 2.75) is 19.3 Å². The van der Waals surface area contributed by atoms with Gasteiger partial charge in [-0.1, -0.05) is 141 Å². The first-order valence-electron chi connectivity index (χ1n) is 17.7. The molecule has 0 fully saturated rings. The van der Waals surface area contributed by atoms with E-state index in [-0.39, 0.29) is 5.41 Å². The molecule has 0 amide bonds. The third-order valence-corrected chi connectivity index (χ3v) is 10.9. The molecule has 242 valence electrons. The van der Waals surface area contributed by atoms with Gasteiger partial charge in [0.25, 0.3) is 0 Å². The minimum absolute atomic E-state index is 0.0795. The Bertz CT molecular complexity index is 2770. The zero-order valence-electron chi connectivity index (χ0n) is 28.6. The highest BCUT2D eigenvalue weighted by molar-refractivity contribution is 6.10. The molecule has 10 rings (SSSR count). The van der Waals surface area contributed by atoms with Crippen molar-refractivity contribution < 1.29 is 4.42 Å². The first kappa shape index (κ1) is 29.5. The van der Waals surface area contributed by atoms with Crippen molar-refractivity contribution in [3.63, 3.8) is 0 Å². The van der Waals surface area contributed by atoms with Gasteiger partial charge in [0.05, 0.1) is 5.69 Å². The van der Waals surface area contributed by atoms with Crippen molar-refractivity contribution >= 4 is 49.8 Å². The first-order valence-corrected chi connectivity index (χ1v) is 17.7. The Kier molecular flexibility index (Phi) is 6.56. The molecule has 0 spiro atoms. The van der Waals surface area contributed by atoms with E-state index >= 15 is 0 Å². The average molecular weight is 654 g/mol. The van der Waals surface area contributed by atoms with E-state index in [2.05, 4.69) is 183 Å². The van der Waals surface area contributed by atoms with Gasteiger partial charge >= 0.3 is 0 Å². The van der Waals surface area contributed by atoms with Crippen molar-refractivity contribution in [1.29, 1.82) is 0 Å². The minimum atomic E-state index is -0.0795. The number of para-hydroxylation sites is 1. The van der Waals surface area contributed by atoms with Gasteiger partial charge in [0, 0.05) is 39.0 Å². The summed E-state index contributed by atoms with van der Waals surface area (Å²) in [5.41, 5.74) is 15.2. The molecule has 0 unspecified atom stereocenters. The van der Waals surface area contributed by atoms with E-state index in [0.717, 1.165) is 39.0 Å². The molecule has 51 heavy (non-hydrogen) atoms. The predicted octanol–water partition coefficient (Wildman–Crippen LogP) is 13.8. The van der Waals surface area contributed by atoms with Crippen molar-refractivity contribution in [2.75, 3.05) is 4.90 Å². The molecular formula is C49H35NO. The molecule has 1 aliphatic rings. The van der Waals surface area contributed by atoms with Crippen LogP contribution >= 0.6 is 0 Å². The van der Waals surface area contributed by atoms with Crippen LogP contribution in [0.15, 0.2) is 180 Å². The van der Waals surface area contributed by atoms with Crippen LogP contribution in [0.1, 0.15) is 25.0 Å². The van der Waals surface area contributed by atoms with E-state index < -0.39 is 0 Å². The van der Waals surface area contributed by atoms with E-state index in [1.807, 2.05) is 12.1 Å². The number of furan rings is 1. The molecule has 0 saturated carbocycles. The molecule has 0 saturated heterocycles. The van der Waals surface area contributed by atoms with E-state index in [1.54, 1.807) is 0 Å². The maximum atomic E-state index is 6.43. The van der Waals surface area contributed by atoms with Crippen molar-refractivity contribution in [2.24, 2.45) is 0 Å². The lowest BCUT2D eigenvalue weighted by molar-refractivity contribution is 0.660. The monoisotopic (exact) mass is 653 g/mol. The van der Waals surface area contributed by atoms with E-state index in [9.17, 15) is 0 Å². The highest BCUT2D eigenvalue weighted by atomic mass is 16.3. The van der Waals surface area contributed by atoms with Crippen LogP contribution in [0.3, 0.4) is 0 Å². The lowest BCUT2D eigenvalue weighted by atomic mass is 9.81. The molecule has 0 atom stereocenters. The van der Waals surface area contributed by atoms with E-state index in [1.165, 1.54) is 55.3 Å². The molecule has 1 heterocycles. The molecule has 8 aromatic carbocycles. The average Bonchev–Trinajstić information content (AvgIpc) is 3.66. The number of fused-ring (bicyclic) bond motifs is 7. The Morgan fingerprint density at radius 3 is 1.94 bits per heavy atom. The maximum Gasteiger partial charge on any atom is 0.137 e. The second kappa shape index (κ2) is 11.3. The standard InChI is InChI=1S/C49H35NO/c1-49(2)43-19-8-6-16-39(43)40-28-24-35(30-44(40)49)38-18-10-14-34-15-11-20-45(48(34)38)50(36-25-22-33(23-26-36)32-12-4-3-5-13-32)37-27-29-42-41-17-7-9-21-46(41)51-47(42)31-37/h3-31H,1-2H3. The number of hydrogen-bond donors (Lipinski definition) is 0. The summed E-state index contributed by atoms with van der Waals surface area (Å²) in [6.45, 7) is 4.70. The summed E-state index contributed by atoms with van der Waals surface area (Å²) in [5.74, 6) is 0. The Hall–Kier alpha value is -6.38. The lowest BCUT2D eigenvalue weighted by Crippen LogP contribution is -2.15. The van der Waals surface area contributed by atoms with Crippen molar-refractivity contribution in [3.8, 4) is 33.4 Å². The van der Waals surface area contributed by atoms with Crippen molar-refractivity contribution in [1.82, 2.24) is 0 Å². The van der Waals surface area contributed by atoms with Crippen LogP contribution < -0.4 is 4.90 Å². The van der Waals surface area contributed by atoms with Gasteiger partial charge in [-0.3, -0.25) is 0 Å².